The molecule has 0 bridgehead atoms. The summed E-state index contributed by atoms with van der Waals surface area (Å²) in [5, 5.41) is 0. The summed E-state index contributed by atoms with van der Waals surface area (Å²) < 4.78 is 61.9. The number of allylic oxidation sites excluding steroid dienone is 1. The van der Waals surface area contributed by atoms with Gasteiger partial charge in [0.2, 0.25) is 15.8 Å². The lowest BCUT2D eigenvalue weighted by Gasteiger charge is -2.19. The van der Waals surface area contributed by atoms with Gasteiger partial charge >= 0.3 is 5.97 Å². The van der Waals surface area contributed by atoms with Crippen LogP contribution in [0, 0.1) is 11.6 Å². The Balaban J connectivity index is 1.84. The van der Waals surface area contributed by atoms with Crippen molar-refractivity contribution in [3.63, 3.8) is 0 Å². The predicted octanol–water partition coefficient (Wildman–Crippen LogP) is 7.26. The fraction of sp³-hybridized carbons (Fsp3) is 0.333. The number of sulfonamides is 1. The van der Waals surface area contributed by atoms with Gasteiger partial charge in [-0.3, -0.25) is 19.1 Å². The molecule has 0 amide bonds. The third-order valence-corrected chi connectivity index (χ3v) is 8.06. The number of nitrogens with one attached hydrogen (secondary N) is 2. The maximum absolute atomic E-state index is 15.4. The molecule has 0 radical (unpaired) electrons. The van der Waals surface area contributed by atoms with Crippen LogP contribution in [-0.4, -0.2) is 49.0 Å². The normalized spacial score (nSPS) is 12.1. The zero-order valence-electron chi connectivity index (χ0n) is 25.9. The number of aromatic nitrogens is 1. The molecule has 0 aliphatic rings. The maximum Gasteiger partial charge on any atom is 0.306 e. The molecule has 1 heterocycles. The Bertz CT molecular complexity index is 1740. The van der Waals surface area contributed by atoms with E-state index in [4.69, 9.17) is 4.74 Å². The number of carbonyl (C=O) groups is 3. The number of benzene rings is 2. The van der Waals surface area contributed by atoms with Gasteiger partial charge in [0.15, 0.2) is 11.6 Å². The highest BCUT2D eigenvalue weighted by Gasteiger charge is 2.27. The van der Waals surface area contributed by atoms with Crippen molar-refractivity contribution < 1.29 is 36.3 Å². The average Bonchev–Trinajstić information content (AvgIpc) is 3.36. The first kappa shape index (κ1) is 35.0. The molecule has 45 heavy (non-hydrogen) atoms. The van der Waals surface area contributed by atoms with Crippen molar-refractivity contribution >= 4 is 57.4 Å². The molecular formula is C33H37F2N3O6S. The van der Waals surface area contributed by atoms with Gasteiger partial charge in [0.05, 0.1) is 17.0 Å². The highest BCUT2D eigenvalue weighted by atomic mass is 32.2. The van der Waals surface area contributed by atoms with E-state index in [1.807, 2.05) is 0 Å². The van der Waals surface area contributed by atoms with E-state index in [1.54, 1.807) is 65.0 Å². The summed E-state index contributed by atoms with van der Waals surface area (Å²) in [4.78, 5) is 44.7. The van der Waals surface area contributed by atoms with E-state index in [1.165, 1.54) is 6.20 Å². The van der Waals surface area contributed by atoms with E-state index in [9.17, 15) is 27.2 Å². The van der Waals surface area contributed by atoms with Crippen molar-refractivity contribution in [2.45, 2.75) is 65.9 Å². The summed E-state index contributed by atoms with van der Waals surface area (Å²) in [6, 6.07) is 8.46. The molecule has 1 aromatic heterocycles. The number of hydrogen-bond acceptors (Lipinski definition) is 7. The molecule has 0 unspecified atom stereocenters. The Hall–Kier alpha value is -4.45. The number of esters is 1. The number of carbonyl (C=O) groups excluding carboxylic acids is 3. The number of H-pyrrole nitrogens is 1. The SMILES string of the molecule is C=Nc1[nH]cc(C(=O)c2c(F)ccc(NS(=O)(=O)CCC)c2F)c1/C=C(\C)c1ccc(C(=O)CCCC(=O)OC(C)(C)C)cc1. The van der Waals surface area contributed by atoms with Crippen molar-refractivity contribution in [2.75, 3.05) is 10.5 Å². The zero-order chi connectivity index (χ0) is 33.5. The first-order chi connectivity index (χ1) is 21.1. The van der Waals surface area contributed by atoms with E-state index in [0.29, 0.717) is 23.1 Å². The smallest absolute Gasteiger partial charge is 0.306 e. The highest BCUT2D eigenvalue weighted by molar-refractivity contribution is 7.92. The third-order valence-electron chi connectivity index (χ3n) is 6.59. The minimum absolute atomic E-state index is 0.111. The first-order valence-corrected chi connectivity index (χ1v) is 16.0. The molecule has 2 aromatic carbocycles. The highest BCUT2D eigenvalue weighted by Crippen LogP contribution is 2.32. The second kappa shape index (κ2) is 14.6. The molecule has 3 rings (SSSR count). The van der Waals surface area contributed by atoms with Crippen LogP contribution in [0.15, 0.2) is 47.6 Å². The van der Waals surface area contributed by atoms with Crippen molar-refractivity contribution in [3.05, 3.63) is 82.0 Å². The Kier molecular flexibility index (Phi) is 11.3. The second-order valence-corrected chi connectivity index (χ2v) is 13.3. The molecule has 0 fully saturated rings. The van der Waals surface area contributed by atoms with Gasteiger partial charge in [-0.15, -0.1) is 0 Å². The largest absolute Gasteiger partial charge is 0.460 e. The standard InChI is InChI=1S/C33H37F2N3O6S/c1-7-17-45(42,43)38-26-16-15-25(34)29(30(26)35)31(41)24-19-37-32(36-6)23(24)18-20(2)21-11-13-22(14-12-21)27(39)9-8-10-28(40)44-33(3,4)5/h11-16,18-19,37-38H,6-10,17H2,1-5H3/b20-18+. The van der Waals surface area contributed by atoms with E-state index < -0.39 is 44.3 Å². The van der Waals surface area contributed by atoms with Gasteiger partial charge < -0.3 is 9.72 Å². The number of Topliss-reactive ketones (excluding diaryl/α,β-unsaturated/α-hetero) is 1. The molecule has 0 aliphatic heterocycles. The van der Waals surface area contributed by atoms with Crippen molar-refractivity contribution in [3.8, 4) is 0 Å². The Morgan fingerprint density at radius 3 is 2.29 bits per heavy atom. The minimum Gasteiger partial charge on any atom is -0.460 e. The monoisotopic (exact) mass is 641 g/mol. The molecule has 0 saturated carbocycles. The van der Waals surface area contributed by atoms with E-state index in [-0.39, 0.29) is 53.7 Å². The Morgan fingerprint density at radius 1 is 1.04 bits per heavy atom. The fourth-order valence-corrected chi connectivity index (χ4v) is 5.63. The molecule has 0 aliphatic carbocycles. The van der Waals surface area contributed by atoms with Crippen LogP contribution in [0.3, 0.4) is 0 Å². The van der Waals surface area contributed by atoms with E-state index in [0.717, 1.165) is 12.1 Å². The number of ketones is 2. The van der Waals surface area contributed by atoms with E-state index >= 15 is 4.39 Å². The van der Waals surface area contributed by atoms with Gasteiger partial charge in [-0.25, -0.2) is 22.2 Å². The molecule has 240 valence electrons. The van der Waals surface area contributed by atoms with Crippen LogP contribution >= 0.6 is 0 Å². The maximum atomic E-state index is 15.4. The van der Waals surface area contributed by atoms with Crippen LogP contribution < -0.4 is 4.72 Å². The molecule has 0 spiro atoms. The van der Waals surface area contributed by atoms with Gasteiger partial charge in [-0.05, 0) is 76.6 Å². The number of nitrogens with zero attached hydrogens (tertiary/aromatic N) is 1. The average molecular weight is 642 g/mol. The fourth-order valence-electron chi connectivity index (χ4n) is 4.50. The molecular weight excluding hydrogens is 604 g/mol. The van der Waals surface area contributed by atoms with Gasteiger partial charge in [0.1, 0.15) is 17.2 Å². The predicted molar refractivity (Wildman–Crippen MR) is 172 cm³/mol. The number of anilines is 1. The van der Waals surface area contributed by atoms with Crippen LogP contribution in [0.4, 0.5) is 20.3 Å². The quantitative estimate of drug-likeness (QED) is 0.108. The number of hydrogen-bond donors (Lipinski definition) is 2. The summed E-state index contributed by atoms with van der Waals surface area (Å²) in [5.41, 5.74) is -0.165. The van der Waals surface area contributed by atoms with Gasteiger partial charge in [0.25, 0.3) is 0 Å². The van der Waals surface area contributed by atoms with Crippen LogP contribution in [0.1, 0.15) is 97.7 Å². The molecule has 2 N–H and O–H groups in total. The summed E-state index contributed by atoms with van der Waals surface area (Å²) in [6.45, 7) is 12.2. The van der Waals surface area contributed by atoms with Crippen LogP contribution in [0.5, 0.6) is 0 Å². The van der Waals surface area contributed by atoms with Crippen LogP contribution in [0.25, 0.3) is 11.6 Å². The van der Waals surface area contributed by atoms with Crippen LogP contribution in [0.2, 0.25) is 0 Å². The minimum atomic E-state index is -3.91. The number of halogens is 2. The van der Waals surface area contributed by atoms with Crippen molar-refractivity contribution in [1.82, 2.24) is 4.98 Å². The van der Waals surface area contributed by atoms with Gasteiger partial charge in [0, 0.05) is 35.7 Å². The Labute approximate surface area is 261 Å². The summed E-state index contributed by atoms with van der Waals surface area (Å²) in [7, 11) is -3.91. The van der Waals surface area contributed by atoms with Crippen molar-refractivity contribution in [2.24, 2.45) is 4.99 Å². The second-order valence-electron chi connectivity index (χ2n) is 11.4. The lowest BCUT2D eigenvalue weighted by atomic mass is 9.97. The summed E-state index contributed by atoms with van der Waals surface area (Å²) >= 11 is 0. The zero-order valence-corrected chi connectivity index (χ0v) is 26.7. The van der Waals surface area contributed by atoms with Crippen LogP contribution in [-0.2, 0) is 19.6 Å². The number of rotatable bonds is 14. The topological polar surface area (TPSA) is 135 Å². The molecule has 0 atom stereocenters. The summed E-state index contributed by atoms with van der Waals surface area (Å²) in [6.07, 6.45) is 3.77. The summed E-state index contributed by atoms with van der Waals surface area (Å²) in [5.74, 6) is -4.13. The number of aromatic amines is 1. The van der Waals surface area contributed by atoms with E-state index in [2.05, 4.69) is 21.4 Å². The molecule has 12 heteroatoms. The lowest BCUT2D eigenvalue weighted by molar-refractivity contribution is -0.154. The lowest BCUT2D eigenvalue weighted by Crippen LogP contribution is -2.23. The number of ether oxygens (including phenoxy) is 1. The Morgan fingerprint density at radius 2 is 1.69 bits per heavy atom. The third kappa shape index (κ3) is 9.27. The van der Waals surface area contributed by atoms with Crippen molar-refractivity contribution in [1.29, 1.82) is 0 Å². The van der Waals surface area contributed by atoms with Gasteiger partial charge in [-0.2, -0.15) is 0 Å². The molecule has 3 aromatic rings. The van der Waals surface area contributed by atoms with Gasteiger partial charge in [-0.1, -0.05) is 31.2 Å². The molecule has 0 saturated heterocycles. The first-order valence-electron chi connectivity index (χ1n) is 14.3. The number of aliphatic imine (C=N–C) groups is 1. The molecule has 9 nitrogen and oxygen atoms in total.